The van der Waals surface area contributed by atoms with E-state index in [0.717, 1.165) is 37.2 Å². The van der Waals surface area contributed by atoms with Crippen molar-refractivity contribution in [2.24, 2.45) is 0 Å². The molecule has 1 N–H and O–H groups in total. The minimum Gasteiger partial charge on any atom is -0.369 e. The quantitative estimate of drug-likeness (QED) is 0.668. The normalized spacial score (nSPS) is 24.0. The van der Waals surface area contributed by atoms with Gasteiger partial charge in [0, 0.05) is 60.0 Å². The van der Waals surface area contributed by atoms with E-state index >= 15 is 0 Å². The molecule has 0 amide bonds. The number of anilines is 1. The molecule has 0 bridgehead atoms. The molecule has 2 atom stereocenters. The summed E-state index contributed by atoms with van der Waals surface area (Å²) >= 11 is 6.16. The lowest BCUT2D eigenvalue weighted by molar-refractivity contribution is 0.186. The lowest BCUT2D eigenvalue weighted by Gasteiger charge is -2.39. The topological polar surface area (TPSA) is 22.3 Å². The van der Waals surface area contributed by atoms with Crippen LogP contribution < -0.4 is 4.90 Å². The van der Waals surface area contributed by atoms with Crippen LogP contribution in [-0.4, -0.2) is 42.1 Å². The van der Waals surface area contributed by atoms with E-state index in [1.54, 1.807) is 0 Å². The zero-order valence-corrected chi connectivity index (χ0v) is 16.3. The van der Waals surface area contributed by atoms with Gasteiger partial charge >= 0.3 is 0 Å². The summed E-state index contributed by atoms with van der Waals surface area (Å²) in [5.41, 5.74) is 4.04. The highest BCUT2D eigenvalue weighted by Crippen LogP contribution is 2.40. The van der Waals surface area contributed by atoms with Crippen molar-refractivity contribution in [1.29, 1.82) is 0 Å². The maximum atomic E-state index is 6.16. The average Bonchev–Trinajstić information content (AvgIpc) is 3.35. The predicted molar refractivity (Wildman–Crippen MR) is 114 cm³/mol. The van der Waals surface area contributed by atoms with Crippen molar-refractivity contribution in [3.63, 3.8) is 0 Å². The first-order valence-electron chi connectivity index (χ1n) is 10.1. The molecule has 2 heterocycles. The molecule has 3 nitrogen and oxygen atoms in total. The van der Waals surface area contributed by atoms with Gasteiger partial charge in [-0.1, -0.05) is 35.9 Å². The summed E-state index contributed by atoms with van der Waals surface area (Å²) < 4.78 is 0. The highest BCUT2D eigenvalue weighted by Gasteiger charge is 2.32. The first-order chi connectivity index (χ1) is 13.3. The van der Waals surface area contributed by atoms with E-state index in [1.165, 1.54) is 41.4 Å². The lowest BCUT2D eigenvalue weighted by Crippen LogP contribution is -2.49. The molecule has 1 aromatic heterocycles. The first-order valence-corrected chi connectivity index (χ1v) is 10.5. The Morgan fingerprint density at radius 1 is 0.926 bits per heavy atom. The zero-order valence-electron chi connectivity index (χ0n) is 15.6. The fourth-order valence-electron chi connectivity index (χ4n) is 5.02. The van der Waals surface area contributed by atoms with Crippen LogP contribution in [0.4, 0.5) is 5.69 Å². The Morgan fingerprint density at radius 3 is 2.63 bits per heavy atom. The van der Waals surface area contributed by atoms with Crippen molar-refractivity contribution in [2.45, 2.75) is 31.2 Å². The molecule has 140 valence electrons. The Balaban J connectivity index is 1.23. The van der Waals surface area contributed by atoms with Crippen LogP contribution in [0.15, 0.2) is 54.7 Å². The average molecular weight is 380 g/mol. The zero-order chi connectivity index (χ0) is 18.2. The van der Waals surface area contributed by atoms with Crippen molar-refractivity contribution in [3.05, 3.63) is 65.3 Å². The molecule has 0 spiro atoms. The fourth-order valence-corrected chi connectivity index (χ4v) is 5.21. The molecule has 1 aliphatic carbocycles. The number of aromatic nitrogens is 1. The van der Waals surface area contributed by atoms with Gasteiger partial charge in [0.2, 0.25) is 0 Å². The summed E-state index contributed by atoms with van der Waals surface area (Å²) in [4.78, 5) is 8.64. The van der Waals surface area contributed by atoms with Crippen molar-refractivity contribution in [2.75, 3.05) is 31.1 Å². The van der Waals surface area contributed by atoms with Crippen LogP contribution in [0.1, 0.15) is 30.7 Å². The van der Waals surface area contributed by atoms with Crippen LogP contribution in [0, 0.1) is 0 Å². The van der Waals surface area contributed by atoms with Gasteiger partial charge in [0.15, 0.2) is 0 Å². The molecule has 2 fully saturated rings. The number of para-hydroxylation sites is 1. The summed E-state index contributed by atoms with van der Waals surface area (Å²) in [6, 6.07) is 17.7. The highest BCUT2D eigenvalue weighted by molar-refractivity contribution is 6.30. The van der Waals surface area contributed by atoms with Gasteiger partial charge in [-0.2, -0.15) is 0 Å². The number of rotatable bonds is 3. The molecule has 3 aromatic rings. The maximum absolute atomic E-state index is 6.16. The van der Waals surface area contributed by atoms with Gasteiger partial charge in [-0.15, -0.1) is 0 Å². The lowest BCUT2D eigenvalue weighted by atomic mass is 9.97. The van der Waals surface area contributed by atoms with Crippen LogP contribution in [0.2, 0.25) is 5.02 Å². The largest absolute Gasteiger partial charge is 0.369 e. The second kappa shape index (κ2) is 7.21. The molecule has 1 saturated heterocycles. The monoisotopic (exact) mass is 379 g/mol. The number of halogens is 1. The summed E-state index contributed by atoms with van der Waals surface area (Å²) in [6.45, 7) is 4.48. The molecule has 1 saturated carbocycles. The molecule has 27 heavy (non-hydrogen) atoms. The number of benzene rings is 2. The van der Waals surface area contributed by atoms with Gasteiger partial charge in [0.05, 0.1) is 0 Å². The molecule has 5 rings (SSSR count). The van der Waals surface area contributed by atoms with Gasteiger partial charge in [-0.25, -0.2) is 0 Å². The molecular formula is C23H26ClN3. The van der Waals surface area contributed by atoms with Crippen molar-refractivity contribution >= 4 is 28.2 Å². The van der Waals surface area contributed by atoms with E-state index in [-0.39, 0.29) is 0 Å². The third-order valence-electron chi connectivity index (χ3n) is 6.47. The minimum atomic E-state index is 0.692. The molecule has 2 aliphatic rings. The third kappa shape index (κ3) is 3.35. The molecule has 2 unspecified atom stereocenters. The second-order valence-corrected chi connectivity index (χ2v) is 8.39. The van der Waals surface area contributed by atoms with Gasteiger partial charge in [-0.05, 0) is 55.0 Å². The van der Waals surface area contributed by atoms with Crippen LogP contribution in [0.5, 0.6) is 0 Å². The smallest absolute Gasteiger partial charge is 0.0456 e. The SMILES string of the molecule is Clc1cccc(N2CCN(C3CCC(c4c[nH]c5ccccc45)C3)CC2)c1. The minimum absolute atomic E-state index is 0.692. The van der Waals surface area contributed by atoms with Crippen molar-refractivity contribution in [1.82, 2.24) is 9.88 Å². The number of piperazine rings is 1. The fraction of sp³-hybridized carbons (Fsp3) is 0.391. The van der Waals surface area contributed by atoms with Crippen LogP contribution >= 0.6 is 11.6 Å². The Labute approximate surface area is 165 Å². The Kier molecular flexibility index (Phi) is 4.58. The van der Waals surface area contributed by atoms with Crippen LogP contribution in [-0.2, 0) is 0 Å². The molecule has 1 aliphatic heterocycles. The molecular weight excluding hydrogens is 354 g/mol. The number of hydrogen-bond acceptors (Lipinski definition) is 2. The standard InChI is InChI=1S/C23H26ClN3/c24-18-4-3-5-19(15-18)26-10-12-27(13-11-26)20-9-8-17(14-20)22-16-25-23-7-2-1-6-21(22)23/h1-7,15-17,20,25H,8-14H2. The summed E-state index contributed by atoms with van der Waals surface area (Å²) in [6.07, 6.45) is 6.16. The number of nitrogens with zero attached hydrogens (tertiary/aromatic N) is 2. The van der Waals surface area contributed by atoms with E-state index in [0.29, 0.717) is 5.92 Å². The maximum Gasteiger partial charge on any atom is 0.0456 e. The highest BCUT2D eigenvalue weighted by atomic mass is 35.5. The van der Waals surface area contributed by atoms with E-state index in [1.807, 2.05) is 12.1 Å². The third-order valence-corrected chi connectivity index (χ3v) is 6.71. The second-order valence-electron chi connectivity index (χ2n) is 7.96. The number of nitrogens with one attached hydrogen (secondary N) is 1. The first kappa shape index (κ1) is 17.2. The summed E-state index contributed by atoms with van der Waals surface area (Å²) in [5.74, 6) is 0.692. The number of aromatic amines is 1. The summed E-state index contributed by atoms with van der Waals surface area (Å²) in [5, 5.41) is 2.24. The van der Waals surface area contributed by atoms with Gasteiger partial charge < -0.3 is 9.88 Å². The van der Waals surface area contributed by atoms with E-state index < -0.39 is 0 Å². The van der Waals surface area contributed by atoms with Crippen LogP contribution in [0.3, 0.4) is 0 Å². The van der Waals surface area contributed by atoms with Crippen molar-refractivity contribution in [3.8, 4) is 0 Å². The molecule has 0 radical (unpaired) electrons. The van der Waals surface area contributed by atoms with Gasteiger partial charge in [0.25, 0.3) is 0 Å². The Hall–Kier alpha value is -1.97. The van der Waals surface area contributed by atoms with E-state index in [4.69, 9.17) is 11.6 Å². The Bertz CT molecular complexity index is 926. The van der Waals surface area contributed by atoms with Gasteiger partial charge in [-0.3, -0.25) is 4.90 Å². The Morgan fingerprint density at radius 2 is 1.78 bits per heavy atom. The number of H-pyrrole nitrogens is 1. The van der Waals surface area contributed by atoms with E-state index in [9.17, 15) is 0 Å². The van der Waals surface area contributed by atoms with E-state index in [2.05, 4.69) is 57.4 Å². The van der Waals surface area contributed by atoms with Gasteiger partial charge in [0.1, 0.15) is 0 Å². The summed E-state index contributed by atoms with van der Waals surface area (Å²) in [7, 11) is 0. The van der Waals surface area contributed by atoms with Crippen molar-refractivity contribution < 1.29 is 0 Å². The number of hydrogen-bond donors (Lipinski definition) is 1. The molecule has 2 aromatic carbocycles. The number of fused-ring (bicyclic) bond motifs is 1. The van der Waals surface area contributed by atoms with Crippen LogP contribution in [0.25, 0.3) is 10.9 Å². The molecule has 4 heteroatoms. The predicted octanol–water partition coefficient (Wildman–Crippen LogP) is 5.28.